The molecule has 0 amide bonds. The Morgan fingerprint density at radius 2 is 0.826 bits per heavy atom. The molecule has 0 radical (unpaired) electrons. The molecule has 0 aliphatic rings. The smallest absolute Gasteiger partial charge is 0.164 e. The van der Waals surface area contributed by atoms with Crippen molar-refractivity contribution in [2.24, 2.45) is 0 Å². The maximum atomic E-state index is 7.10. The summed E-state index contributed by atoms with van der Waals surface area (Å²) >= 11 is 0. The van der Waals surface area contributed by atoms with Gasteiger partial charge in [-0.15, -0.1) is 0 Å². The van der Waals surface area contributed by atoms with E-state index in [4.69, 9.17) is 23.8 Å². The molecule has 4 heterocycles. The van der Waals surface area contributed by atoms with Gasteiger partial charge in [-0.3, -0.25) is 0 Å². The van der Waals surface area contributed by atoms with Gasteiger partial charge in [0.1, 0.15) is 22.3 Å². The first-order valence-electron chi connectivity index (χ1n) is 23.2. The van der Waals surface area contributed by atoms with Crippen LogP contribution in [0, 0.1) is 0 Å². The minimum absolute atomic E-state index is 0.560. The SMILES string of the molecule is c1ccc(-c2ccc(-c3nc(-c4ccccc4)nc(-c4cccc5oc6c(-c7c(-n8c9ccccc9c9cc(-c%10ccccc%10)ccc98)ccc8c7oc7ccccc78)cccc6c45)n3)cc2)cc1. The molecule has 0 atom stereocenters. The molecule has 14 aromatic rings. The Labute approximate surface area is 396 Å². The number of aromatic nitrogens is 4. The molecule has 0 bridgehead atoms. The van der Waals surface area contributed by atoms with E-state index in [2.05, 4.69) is 174 Å². The van der Waals surface area contributed by atoms with E-state index in [9.17, 15) is 0 Å². The fourth-order valence-corrected chi connectivity index (χ4v) is 10.3. The van der Waals surface area contributed by atoms with E-state index in [-0.39, 0.29) is 0 Å². The molecule has 6 heteroatoms. The number of furan rings is 2. The topological polar surface area (TPSA) is 69.9 Å². The predicted octanol–water partition coefficient (Wildman–Crippen LogP) is 16.8. The molecule has 14 rings (SSSR count). The first-order valence-corrected chi connectivity index (χ1v) is 23.2. The lowest BCUT2D eigenvalue weighted by Gasteiger charge is -2.15. The van der Waals surface area contributed by atoms with Crippen LogP contribution in [0.2, 0.25) is 0 Å². The third kappa shape index (κ3) is 6.30. The van der Waals surface area contributed by atoms with E-state index in [0.29, 0.717) is 17.5 Å². The molecule has 69 heavy (non-hydrogen) atoms. The fraction of sp³-hybridized carbons (Fsp3) is 0. The van der Waals surface area contributed by atoms with Crippen molar-refractivity contribution in [2.75, 3.05) is 0 Å². The van der Waals surface area contributed by atoms with Crippen LogP contribution in [0.5, 0.6) is 0 Å². The molecule has 322 valence electrons. The molecule has 0 fully saturated rings. The summed E-state index contributed by atoms with van der Waals surface area (Å²) in [5, 5.41) is 6.31. The van der Waals surface area contributed by atoms with Crippen LogP contribution < -0.4 is 0 Å². The second kappa shape index (κ2) is 15.6. The van der Waals surface area contributed by atoms with Crippen LogP contribution in [-0.2, 0) is 0 Å². The molecule has 0 N–H and O–H groups in total. The molecule has 0 aliphatic carbocycles. The molecule has 0 spiro atoms. The third-order valence-electron chi connectivity index (χ3n) is 13.5. The third-order valence-corrected chi connectivity index (χ3v) is 13.5. The summed E-state index contributed by atoms with van der Waals surface area (Å²) in [6.07, 6.45) is 0. The van der Waals surface area contributed by atoms with Crippen molar-refractivity contribution in [1.29, 1.82) is 0 Å². The summed E-state index contributed by atoms with van der Waals surface area (Å²) < 4.78 is 16.4. The van der Waals surface area contributed by atoms with Crippen molar-refractivity contribution in [1.82, 2.24) is 19.5 Å². The summed E-state index contributed by atoms with van der Waals surface area (Å²) in [5.74, 6) is 1.74. The average Bonchev–Trinajstić information content (AvgIpc) is 4.11. The Morgan fingerprint density at radius 3 is 1.59 bits per heavy atom. The summed E-state index contributed by atoms with van der Waals surface area (Å²) in [6, 6.07) is 80.2. The monoisotopic (exact) mass is 882 g/mol. The van der Waals surface area contributed by atoms with Crippen molar-refractivity contribution < 1.29 is 8.83 Å². The number of nitrogens with zero attached hydrogens (tertiary/aromatic N) is 4. The first-order chi connectivity index (χ1) is 34.2. The van der Waals surface area contributed by atoms with E-state index in [1.807, 2.05) is 60.7 Å². The maximum Gasteiger partial charge on any atom is 0.164 e. The Morgan fingerprint density at radius 1 is 0.304 bits per heavy atom. The first kappa shape index (κ1) is 38.8. The molecular weight excluding hydrogens is 845 g/mol. The Balaban J connectivity index is 1.00. The van der Waals surface area contributed by atoms with Gasteiger partial charge in [0.15, 0.2) is 17.5 Å². The van der Waals surface area contributed by atoms with Crippen molar-refractivity contribution >= 4 is 65.7 Å². The Hall–Kier alpha value is -9.39. The van der Waals surface area contributed by atoms with Crippen LogP contribution >= 0.6 is 0 Å². The summed E-state index contributed by atoms with van der Waals surface area (Å²) in [6.45, 7) is 0. The van der Waals surface area contributed by atoms with Gasteiger partial charge in [0, 0.05) is 54.6 Å². The molecule has 0 saturated carbocycles. The molecule has 6 nitrogen and oxygen atoms in total. The summed E-state index contributed by atoms with van der Waals surface area (Å²) in [5.41, 5.74) is 15.4. The lowest BCUT2D eigenvalue weighted by Crippen LogP contribution is -2.00. The number of hydrogen-bond donors (Lipinski definition) is 0. The van der Waals surface area contributed by atoms with Gasteiger partial charge in [-0.25, -0.2) is 15.0 Å². The lowest BCUT2D eigenvalue weighted by atomic mass is 9.97. The van der Waals surface area contributed by atoms with Crippen LogP contribution in [0.3, 0.4) is 0 Å². The minimum atomic E-state index is 0.560. The molecule has 4 aromatic heterocycles. The highest BCUT2D eigenvalue weighted by atomic mass is 16.3. The summed E-state index contributed by atoms with van der Waals surface area (Å²) in [4.78, 5) is 15.5. The Kier molecular flexibility index (Phi) is 8.79. The van der Waals surface area contributed by atoms with Gasteiger partial charge in [-0.2, -0.15) is 0 Å². The average molecular weight is 883 g/mol. The van der Waals surface area contributed by atoms with Crippen molar-refractivity contribution in [3.05, 3.63) is 231 Å². The van der Waals surface area contributed by atoms with Crippen LogP contribution in [0.25, 0.3) is 139 Å². The van der Waals surface area contributed by atoms with Gasteiger partial charge >= 0.3 is 0 Å². The van der Waals surface area contributed by atoms with Crippen LogP contribution in [0.4, 0.5) is 0 Å². The number of rotatable bonds is 7. The highest BCUT2D eigenvalue weighted by Gasteiger charge is 2.26. The fourth-order valence-electron chi connectivity index (χ4n) is 10.3. The number of fused-ring (bicyclic) bond motifs is 9. The second-order valence-corrected chi connectivity index (χ2v) is 17.5. The van der Waals surface area contributed by atoms with E-state index < -0.39 is 0 Å². The van der Waals surface area contributed by atoms with Gasteiger partial charge in [0.2, 0.25) is 0 Å². The van der Waals surface area contributed by atoms with E-state index in [1.165, 1.54) is 21.9 Å². The highest BCUT2D eigenvalue weighted by Crippen LogP contribution is 2.47. The quantitative estimate of drug-likeness (QED) is 0.159. The van der Waals surface area contributed by atoms with Gasteiger partial charge < -0.3 is 13.4 Å². The molecule has 0 saturated heterocycles. The van der Waals surface area contributed by atoms with Gasteiger partial charge in [-0.1, -0.05) is 188 Å². The number of para-hydroxylation sites is 3. The largest absolute Gasteiger partial charge is 0.455 e. The molecule has 0 unspecified atom stereocenters. The number of hydrogen-bond acceptors (Lipinski definition) is 5. The second-order valence-electron chi connectivity index (χ2n) is 17.5. The molecule has 10 aromatic carbocycles. The van der Waals surface area contributed by atoms with Gasteiger partial charge in [-0.05, 0) is 64.7 Å². The van der Waals surface area contributed by atoms with Crippen LogP contribution in [0.15, 0.2) is 239 Å². The van der Waals surface area contributed by atoms with Gasteiger partial charge in [0.05, 0.1) is 22.3 Å². The zero-order valence-electron chi connectivity index (χ0n) is 37.0. The highest BCUT2D eigenvalue weighted by molar-refractivity contribution is 6.20. The molecule has 0 aliphatic heterocycles. The van der Waals surface area contributed by atoms with Crippen molar-refractivity contribution in [3.63, 3.8) is 0 Å². The van der Waals surface area contributed by atoms with Crippen LogP contribution in [-0.4, -0.2) is 19.5 Å². The predicted molar refractivity (Wildman–Crippen MR) is 281 cm³/mol. The van der Waals surface area contributed by atoms with Gasteiger partial charge in [0.25, 0.3) is 0 Å². The van der Waals surface area contributed by atoms with Crippen molar-refractivity contribution in [3.8, 4) is 73.2 Å². The minimum Gasteiger partial charge on any atom is -0.455 e. The molecular formula is C63H38N4O2. The number of benzene rings is 10. The normalized spacial score (nSPS) is 11.8. The standard InChI is InChI=1S/C63H38N4O2/c1-4-16-39(17-5-1)41-30-32-43(33-31-41)62-64-61(42-20-8-3-9-21-42)65-63(66-62)50-26-15-29-56-57(50)48-24-14-25-49(59(48)69-56)58-54(37-35-47-46-23-11-13-28-55(46)68-60(47)58)67-52-27-12-10-22-45(52)51-38-44(34-36-53(51)67)40-18-6-2-7-19-40/h1-38H. The van der Waals surface area contributed by atoms with E-state index >= 15 is 0 Å². The van der Waals surface area contributed by atoms with E-state index in [1.54, 1.807) is 0 Å². The van der Waals surface area contributed by atoms with Crippen LogP contribution in [0.1, 0.15) is 0 Å². The lowest BCUT2D eigenvalue weighted by molar-refractivity contribution is 0.665. The zero-order valence-corrected chi connectivity index (χ0v) is 37.0. The Bertz CT molecular complexity index is 4290. The zero-order chi connectivity index (χ0) is 45.4. The van der Waals surface area contributed by atoms with E-state index in [0.717, 1.165) is 99.5 Å². The van der Waals surface area contributed by atoms with Crippen molar-refractivity contribution in [2.45, 2.75) is 0 Å². The summed E-state index contributed by atoms with van der Waals surface area (Å²) in [7, 11) is 0. The maximum absolute atomic E-state index is 7.10.